The first-order valence-electron chi connectivity index (χ1n) is 5.04. The molecule has 0 aliphatic rings. The summed E-state index contributed by atoms with van der Waals surface area (Å²) in [5, 5.41) is 6.33. The van der Waals surface area contributed by atoms with Crippen molar-refractivity contribution in [1.29, 1.82) is 0 Å². The molecule has 0 saturated carbocycles. The molecule has 0 saturated heterocycles. The lowest BCUT2D eigenvalue weighted by Crippen LogP contribution is -2.12. The molecule has 0 bridgehead atoms. The van der Waals surface area contributed by atoms with E-state index >= 15 is 0 Å². The molecule has 1 N–H and O–H groups in total. The largest absolute Gasteiger partial charge is 0.468 e. The summed E-state index contributed by atoms with van der Waals surface area (Å²) < 4.78 is 10.2. The molecule has 0 amide bonds. The molecule has 0 aliphatic carbocycles. The summed E-state index contributed by atoms with van der Waals surface area (Å²) in [6.45, 7) is 2.06. The highest BCUT2D eigenvalue weighted by molar-refractivity contribution is 7.09. The Balaban J connectivity index is 1.76. The molecule has 16 heavy (non-hydrogen) atoms. The Labute approximate surface area is 98.3 Å². The molecule has 4 nitrogen and oxygen atoms in total. The van der Waals surface area contributed by atoms with Gasteiger partial charge in [0.05, 0.1) is 25.1 Å². The Hall–Kier alpha value is -1.17. The van der Waals surface area contributed by atoms with Gasteiger partial charge in [-0.05, 0) is 12.1 Å². The summed E-state index contributed by atoms with van der Waals surface area (Å²) in [6, 6.07) is 3.83. The van der Waals surface area contributed by atoms with Gasteiger partial charge in [0.2, 0.25) is 0 Å². The van der Waals surface area contributed by atoms with E-state index in [9.17, 15) is 0 Å². The Morgan fingerprint density at radius 2 is 2.44 bits per heavy atom. The van der Waals surface area contributed by atoms with Gasteiger partial charge in [-0.2, -0.15) is 0 Å². The van der Waals surface area contributed by atoms with Gasteiger partial charge in [0.1, 0.15) is 10.8 Å². The maximum absolute atomic E-state index is 5.21. The molecular weight excluding hydrogens is 224 g/mol. The van der Waals surface area contributed by atoms with Gasteiger partial charge >= 0.3 is 0 Å². The summed E-state index contributed by atoms with van der Waals surface area (Å²) in [4.78, 5) is 4.42. The molecule has 0 spiro atoms. The summed E-state index contributed by atoms with van der Waals surface area (Å²) in [7, 11) is 1.68. The number of furan rings is 1. The van der Waals surface area contributed by atoms with E-state index in [0.717, 1.165) is 29.6 Å². The lowest BCUT2D eigenvalue weighted by molar-refractivity contribution is 0.184. The molecule has 5 heteroatoms. The van der Waals surface area contributed by atoms with Crippen LogP contribution >= 0.6 is 11.3 Å². The first-order valence-corrected chi connectivity index (χ1v) is 5.92. The van der Waals surface area contributed by atoms with Gasteiger partial charge in [0, 0.05) is 19.0 Å². The van der Waals surface area contributed by atoms with Crippen LogP contribution in [0, 0.1) is 0 Å². The average molecular weight is 238 g/mol. The number of thiazole rings is 1. The monoisotopic (exact) mass is 238 g/mol. The zero-order valence-electron chi connectivity index (χ0n) is 9.10. The van der Waals surface area contributed by atoms with Gasteiger partial charge in [-0.15, -0.1) is 11.3 Å². The predicted molar refractivity (Wildman–Crippen MR) is 62.1 cm³/mol. The van der Waals surface area contributed by atoms with Gasteiger partial charge in [-0.3, -0.25) is 0 Å². The molecule has 2 aromatic rings. The second kappa shape index (κ2) is 5.79. The average Bonchev–Trinajstić information content (AvgIpc) is 2.90. The first-order chi connectivity index (χ1) is 7.88. The van der Waals surface area contributed by atoms with Crippen molar-refractivity contribution in [2.45, 2.75) is 19.7 Å². The number of hydrogen-bond donors (Lipinski definition) is 1. The number of ether oxygens (including phenoxy) is 1. The fourth-order valence-electron chi connectivity index (χ4n) is 1.35. The normalized spacial score (nSPS) is 10.8. The highest BCUT2D eigenvalue weighted by Gasteiger charge is 2.01. The zero-order chi connectivity index (χ0) is 11.2. The van der Waals surface area contributed by atoms with Crippen molar-refractivity contribution >= 4 is 11.3 Å². The molecule has 0 aliphatic heterocycles. The number of aromatic nitrogens is 1. The summed E-state index contributed by atoms with van der Waals surface area (Å²) in [5.74, 6) is 0.937. The number of nitrogens with zero attached hydrogens (tertiary/aromatic N) is 1. The maximum Gasteiger partial charge on any atom is 0.119 e. The minimum atomic E-state index is 0.586. The lowest BCUT2D eigenvalue weighted by atomic mass is 10.4. The van der Waals surface area contributed by atoms with E-state index in [-0.39, 0.29) is 0 Å². The third-order valence-electron chi connectivity index (χ3n) is 2.05. The third kappa shape index (κ3) is 3.16. The Kier molecular flexibility index (Phi) is 4.10. The highest BCUT2D eigenvalue weighted by Crippen LogP contribution is 2.10. The van der Waals surface area contributed by atoms with Crippen LogP contribution in [0.3, 0.4) is 0 Å². The van der Waals surface area contributed by atoms with E-state index < -0.39 is 0 Å². The molecule has 0 atom stereocenters. The van der Waals surface area contributed by atoms with E-state index in [1.165, 1.54) is 0 Å². The Bertz CT molecular complexity index is 411. The van der Waals surface area contributed by atoms with Crippen LogP contribution in [-0.2, 0) is 24.4 Å². The second-order valence-corrected chi connectivity index (χ2v) is 4.29. The van der Waals surface area contributed by atoms with Crippen LogP contribution in [0.4, 0.5) is 0 Å². The van der Waals surface area contributed by atoms with Crippen LogP contribution in [0.5, 0.6) is 0 Å². The molecule has 2 heterocycles. The minimum Gasteiger partial charge on any atom is -0.468 e. The predicted octanol–water partition coefficient (Wildman–Crippen LogP) is 2.17. The first kappa shape index (κ1) is 11.3. The van der Waals surface area contributed by atoms with Gasteiger partial charge in [0.15, 0.2) is 0 Å². The van der Waals surface area contributed by atoms with Gasteiger partial charge in [-0.25, -0.2) is 4.98 Å². The fourth-order valence-corrected chi connectivity index (χ4v) is 2.11. The van der Waals surface area contributed by atoms with Gasteiger partial charge in [0.25, 0.3) is 0 Å². The van der Waals surface area contributed by atoms with Crippen LogP contribution in [-0.4, -0.2) is 12.1 Å². The number of methoxy groups -OCH3 is 1. The van der Waals surface area contributed by atoms with Gasteiger partial charge in [-0.1, -0.05) is 0 Å². The SMILES string of the molecule is COCc1nc(CNCc2ccco2)cs1. The molecule has 0 unspecified atom stereocenters. The van der Waals surface area contributed by atoms with E-state index in [4.69, 9.17) is 9.15 Å². The Morgan fingerprint density at radius 3 is 3.19 bits per heavy atom. The molecular formula is C11H14N2O2S. The topological polar surface area (TPSA) is 47.3 Å². The van der Waals surface area contributed by atoms with E-state index in [2.05, 4.69) is 10.3 Å². The Morgan fingerprint density at radius 1 is 1.50 bits per heavy atom. The standard InChI is InChI=1S/C11H14N2O2S/c1-14-7-11-13-9(8-16-11)5-12-6-10-3-2-4-15-10/h2-4,8,12H,5-7H2,1H3. The van der Waals surface area contributed by atoms with Crippen molar-refractivity contribution in [3.63, 3.8) is 0 Å². The smallest absolute Gasteiger partial charge is 0.119 e. The third-order valence-corrected chi connectivity index (χ3v) is 2.92. The summed E-state index contributed by atoms with van der Waals surface area (Å²) in [6.07, 6.45) is 1.68. The zero-order valence-corrected chi connectivity index (χ0v) is 9.92. The number of hydrogen-bond acceptors (Lipinski definition) is 5. The minimum absolute atomic E-state index is 0.586. The quantitative estimate of drug-likeness (QED) is 0.838. The van der Waals surface area contributed by atoms with Crippen molar-refractivity contribution in [1.82, 2.24) is 10.3 Å². The van der Waals surface area contributed by atoms with Crippen LogP contribution in [0.25, 0.3) is 0 Å². The molecule has 0 fully saturated rings. The van der Waals surface area contributed by atoms with Crippen LogP contribution in [0.1, 0.15) is 16.5 Å². The highest BCUT2D eigenvalue weighted by atomic mass is 32.1. The fraction of sp³-hybridized carbons (Fsp3) is 0.364. The molecule has 86 valence electrons. The lowest BCUT2D eigenvalue weighted by Gasteiger charge is -1.99. The van der Waals surface area contributed by atoms with Crippen molar-refractivity contribution in [3.8, 4) is 0 Å². The summed E-state index contributed by atoms with van der Waals surface area (Å²) in [5.41, 5.74) is 1.05. The van der Waals surface area contributed by atoms with Gasteiger partial charge < -0.3 is 14.5 Å². The molecule has 2 rings (SSSR count). The van der Waals surface area contributed by atoms with Crippen molar-refractivity contribution in [2.24, 2.45) is 0 Å². The molecule has 2 aromatic heterocycles. The van der Waals surface area contributed by atoms with Crippen LogP contribution in [0.15, 0.2) is 28.2 Å². The second-order valence-electron chi connectivity index (χ2n) is 3.35. The number of nitrogens with one attached hydrogen (secondary N) is 1. The summed E-state index contributed by atoms with van der Waals surface area (Å²) >= 11 is 1.62. The van der Waals surface area contributed by atoms with Crippen LogP contribution in [0.2, 0.25) is 0 Å². The van der Waals surface area contributed by atoms with Crippen molar-refractivity contribution in [3.05, 3.63) is 40.2 Å². The number of rotatable bonds is 6. The molecule has 0 aromatic carbocycles. The van der Waals surface area contributed by atoms with Crippen LogP contribution < -0.4 is 5.32 Å². The van der Waals surface area contributed by atoms with E-state index in [0.29, 0.717) is 6.61 Å². The van der Waals surface area contributed by atoms with E-state index in [1.807, 2.05) is 17.5 Å². The van der Waals surface area contributed by atoms with E-state index in [1.54, 1.807) is 24.7 Å². The van der Waals surface area contributed by atoms with Crippen molar-refractivity contribution in [2.75, 3.05) is 7.11 Å². The molecule has 0 radical (unpaired) electrons. The maximum atomic E-state index is 5.21. The van der Waals surface area contributed by atoms with Crippen molar-refractivity contribution < 1.29 is 9.15 Å².